The summed E-state index contributed by atoms with van der Waals surface area (Å²) in [4.78, 5) is 0. The number of rotatable bonds is 1. The van der Waals surface area contributed by atoms with Crippen molar-refractivity contribution in [3.63, 3.8) is 0 Å². The molecule has 0 bridgehead atoms. The molecule has 0 aromatic heterocycles. The van der Waals surface area contributed by atoms with Gasteiger partial charge in [-0.25, -0.2) is 0 Å². The van der Waals surface area contributed by atoms with Crippen molar-refractivity contribution in [1.82, 2.24) is 0 Å². The van der Waals surface area contributed by atoms with E-state index in [-0.39, 0.29) is 6.10 Å². The van der Waals surface area contributed by atoms with Crippen molar-refractivity contribution in [2.75, 3.05) is 0 Å². The van der Waals surface area contributed by atoms with Crippen LogP contribution in [0.2, 0.25) is 0 Å². The van der Waals surface area contributed by atoms with Crippen molar-refractivity contribution in [2.45, 2.75) is 40.2 Å². The van der Waals surface area contributed by atoms with E-state index in [9.17, 15) is 0 Å². The van der Waals surface area contributed by atoms with Gasteiger partial charge >= 0.3 is 0 Å². The molecule has 0 spiro atoms. The molecule has 1 N–H and O–H groups in total. The molecule has 2 aromatic carbocycles. The number of aryl methyl sites for hydroxylation is 2. The summed E-state index contributed by atoms with van der Waals surface area (Å²) in [6.45, 7) is 7.69. The number of aliphatic hydroxyl groups excluding tert-OH is 1. The maximum atomic E-state index is 8.06. The number of aliphatic hydroxyl groups is 1. The molecule has 1 heteroatoms. The Kier molecular flexibility index (Phi) is 10.5. The van der Waals surface area contributed by atoms with Crippen molar-refractivity contribution in [3.8, 4) is 0 Å². The molecule has 2 aromatic rings. The van der Waals surface area contributed by atoms with Gasteiger partial charge in [0.15, 0.2) is 0 Å². The molecule has 104 valence electrons. The van der Waals surface area contributed by atoms with E-state index >= 15 is 0 Å². The molecule has 0 atom stereocenters. The summed E-state index contributed by atoms with van der Waals surface area (Å²) in [5.41, 5.74) is 2.73. The number of hydrogen-bond acceptors (Lipinski definition) is 1. The Hall–Kier alpha value is -1.60. The lowest BCUT2D eigenvalue weighted by Crippen LogP contribution is -1.85. The van der Waals surface area contributed by atoms with E-state index in [1.54, 1.807) is 13.8 Å². The molecule has 0 aliphatic carbocycles. The molecular formula is C18H26O. The molecule has 0 heterocycles. The Balaban J connectivity index is 0.000000272. The predicted molar refractivity (Wildman–Crippen MR) is 84.4 cm³/mol. The zero-order chi connectivity index (χ0) is 14.5. The molecule has 19 heavy (non-hydrogen) atoms. The van der Waals surface area contributed by atoms with Crippen LogP contribution in [0, 0.1) is 6.92 Å². The van der Waals surface area contributed by atoms with Crippen LogP contribution >= 0.6 is 0 Å². The van der Waals surface area contributed by atoms with Crippen LogP contribution in [0.1, 0.15) is 31.9 Å². The number of benzene rings is 2. The average molecular weight is 258 g/mol. The molecule has 0 radical (unpaired) electrons. The second-order valence-corrected chi connectivity index (χ2v) is 4.59. The van der Waals surface area contributed by atoms with Gasteiger partial charge < -0.3 is 5.11 Å². The van der Waals surface area contributed by atoms with Gasteiger partial charge in [-0.15, -0.1) is 0 Å². The highest BCUT2D eigenvalue weighted by Crippen LogP contribution is 1.96. The first-order valence-corrected chi connectivity index (χ1v) is 6.79. The van der Waals surface area contributed by atoms with Crippen LogP contribution in [0.15, 0.2) is 60.7 Å². The lowest BCUT2D eigenvalue weighted by atomic mass is 10.2. The van der Waals surface area contributed by atoms with E-state index in [1.807, 2.05) is 24.3 Å². The van der Waals surface area contributed by atoms with Crippen LogP contribution in [0.4, 0.5) is 0 Å². The summed E-state index contributed by atoms with van der Waals surface area (Å²) in [6.07, 6.45) is 0.973. The van der Waals surface area contributed by atoms with Crippen molar-refractivity contribution >= 4 is 0 Å². The van der Waals surface area contributed by atoms with E-state index < -0.39 is 0 Å². The Morgan fingerprint density at radius 3 is 1.42 bits per heavy atom. The van der Waals surface area contributed by atoms with Crippen molar-refractivity contribution < 1.29 is 5.11 Å². The molecule has 0 saturated heterocycles. The van der Waals surface area contributed by atoms with Gasteiger partial charge in [-0.2, -0.15) is 0 Å². The summed E-state index contributed by atoms with van der Waals surface area (Å²) in [7, 11) is 0. The Morgan fingerprint density at radius 1 is 0.842 bits per heavy atom. The minimum absolute atomic E-state index is 0.167. The second-order valence-electron chi connectivity index (χ2n) is 4.59. The highest BCUT2D eigenvalue weighted by atomic mass is 16.3. The Bertz CT molecular complexity index is 390. The molecule has 0 aliphatic rings. The highest BCUT2D eigenvalue weighted by molar-refractivity contribution is 5.14. The lowest BCUT2D eigenvalue weighted by molar-refractivity contribution is 0.216. The zero-order valence-electron chi connectivity index (χ0n) is 12.5. The van der Waals surface area contributed by atoms with E-state index in [0.29, 0.717) is 0 Å². The van der Waals surface area contributed by atoms with E-state index in [2.05, 4.69) is 50.2 Å². The SMILES string of the molecule is CC(C)O.CCc1ccccc1.Cc1ccccc1. The quantitative estimate of drug-likeness (QED) is 0.790. The fourth-order valence-electron chi connectivity index (χ4n) is 1.25. The van der Waals surface area contributed by atoms with Gasteiger partial charge in [-0.3, -0.25) is 0 Å². The molecule has 0 fully saturated rings. The first-order chi connectivity index (χ1) is 9.06. The monoisotopic (exact) mass is 258 g/mol. The lowest BCUT2D eigenvalue weighted by Gasteiger charge is -1.89. The minimum Gasteiger partial charge on any atom is -0.394 e. The van der Waals surface area contributed by atoms with Crippen LogP contribution in [-0.4, -0.2) is 11.2 Å². The molecular weight excluding hydrogens is 232 g/mol. The smallest absolute Gasteiger partial charge is 0.0483 e. The van der Waals surface area contributed by atoms with Gasteiger partial charge in [0.25, 0.3) is 0 Å². The topological polar surface area (TPSA) is 20.2 Å². The van der Waals surface area contributed by atoms with Crippen LogP contribution in [0.25, 0.3) is 0 Å². The Labute approximate surface area is 117 Å². The summed E-state index contributed by atoms with van der Waals surface area (Å²) >= 11 is 0. The van der Waals surface area contributed by atoms with Crippen LogP contribution in [0.3, 0.4) is 0 Å². The number of hydrogen-bond donors (Lipinski definition) is 1. The van der Waals surface area contributed by atoms with Gasteiger partial charge in [-0.1, -0.05) is 73.2 Å². The van der Waals surface area contributed by atoms with Crippen molar-refractivity contribution in [2.24, 2.45) is 0 Å². The van der Waals surface area contributed by atoms with Crippen LogP contribution in [-0.2, 0) is 6.42 Å². The van der Waals surface area contributed by atoms with Crippen molar-refractivity contribution in [1.29, 1.82) is 0 Å². The van der Waals surface area contributed by atoms with Gasteiger partial charge in [0.1, 0.15) is 0 Å². The van der Waals surface area contributed by atoms with E-state index in [1.165, 1.54) is 11.1 Å². The molecule has 0 amide bonds. The molecule has 1 nitrogen and oxygen atoms in total. The predicted octanol–water partition coefficient (Wildman–Crippen LogP) is 4.63. The molecule has 0 saturated carbocycles. The minimum atomic E-state index is -0.167. The van der Waals surface area contributed by atoms with Crippen LogP contribution in [0.5, 0.6) is 0 Å². The summed E-state index contributed by atoms with van der Waals surface area (Å²) in [5.74, 6) is 0. The highest BCUT2D eigenvalue weighted by Gasteiger charge is 1.80. The molecule has 2 rings (SSSR count). The largest absolute Gasteiger partial charge is 0.394 e. The second kappa shape index (κ2) is 11.5. The summed E-state index contributed by atoms with van der Waals surface area (Å²) in [5, 5.41) is 8.06. The van der Waals surface area contributed by atoms with Gasteiger partial charge in [0.05, 0.1) is 0 Å². The first kappa shape index (κ1) is 17.4. The maximum absolute atomic E-state index is 8.06. The molecule has 0 aliphatic heterocycles. The Morgan fingerprint density at radius 2 is 1.21 bits per heavy atom. The van der Waals surface area contributed by atoms with E-state index in [0.717, 1.165) is 6.42 Å². The maximum Gasteiger partial charge on any atom is 0.0483 e. The zero-order valence-corrected chi connectivity index (χ0v) is 12.5. The summed E-state index contributed by atoms with van der Waals surface area (Å²) in [6, 6.07) is 20.7. The normalized spacial score (nSPS) is 8.95. The summed E-state index contributed by atoms with van der Waals surface area (Å²) < 4.78 is 0. The fourth-order valence-corrected chi connectivity index (χ4v) is 1.25. The third-order valence-electron chi connectivity index (χ3n) is 2.19. The third kappa shape index (κ3) is 12.6. The fraction of sp³-hybridized carbons (Fsp3) is 0.333. The van der Waals surface area contributed by atoms with Gasteiger partial charge in [0.2, 0.25) is 0 Å². The van der Waals surface area contributed by atoms with Crippen LogP contribution < -0.4 is 0 Å². The standard InChI is InChI=1S/C8H10.C7H8.C3H8O/c1-2-8-6-4-3-5-7-8;1-7-5-3-2-4-6-7;1-3(2)4/h3-7H,2H2,1H3;2-6H,1H3;3-4H,1-2H3. The average Bonchev–Trinajstić information content (AvgIpc) is 2.41. The van der Waals surface area contributed by atoms with E-state index in [4.69, 9.17) is 5.11 Å². The van der Waals surface area contributed by atoms with Crippen molar-refractivity contribution in [3.05, 3.63) is 71.8 Å². The van der Waals surface area contributed by atoms with Gasteiger partial charge in [-0.05, 0) is 32.8 Å². The first-order valence-electron chi connectivity index (χ1n) is 6.79. The molecule has 0 unspecified atom stereocenters. The van der Waals surface area contributed by atoms with Gasteiger partial charge in [0, 0.05) is 6.10 Å². The third-order valence-corrected chi connectivity index (χ3v) is 2.19.